The van der Waals surface area contributed by atoms with Gasteiger partial charge >= 0.3 is 0 Å². The number of phenolic OH excluding ortho intramolecular Hbond substituents is 1. The van der Waals surface area contributed by atoms with Gasteiger partial charge in [0, 0.05) is 0 Å². The molecular formula is C13H19NO. The van der Waals surface area contributed by atoms with Gasteiger partial charge in [0.1, 0.15) is 5.75 Å². The first kappa shape index (κ1) is 11.8. The molecule has 0 amide bonds. The second-order valence-electron chi connectivity index (χ2n) is 3.79. The van der Waals surface area contributed by atoms with Crippen molar-refractivity contribution in [1.29, 1.82) is 0 Å². The van der Waals surface area contributed by atoms with Crippen LogP contribution in [0.2, 0.25) is 0 Å². The highest BCUT2D eigenvalue weighted by Gasteiger charge is 1.94. The molecule has 1 aromatic rings. The number of hydrogen-bond acceptors (Lipinski definition) is 2. The maximum Gasteiger partial charge on any atom is 0.115 e. The lowest BCUT2D eigenvalue weighted by molar-refractivity contribution is 0.475. The molecule has 0 atom stereocenters. The number of nitrogens with one attached hydrogen (secondary N) is 1. The van der Waals surface area contributed by atoms with Crippen LogP contribution in [0.5, 0.6) is 5.75 Å². The SMILES string of the molecule is CNCCC=C(C)Cc1ccc(O)cc1. The van der Waals surface area contributed by atoms with E-state index in [1.807, 2.05) is 19.2 Å². The van der Waals surface area contributed by atoms with Crippen LogP contribution >= 0.6 is 0 Å². The van der Waals surface area contributed by atoms with Crippen molar-refractivity contribution in [2.24, 2.45) is 0 Å². The molecule has 2 heteroatoms. The number of aromatic hydroxyl groups is 1. The third-order valence-electron chi connectivity index (χ3n) is 2.31. The highest BCUT2D eigenvalue weighted by Crippen LogP contribution is 2.13. The lowest BCUT2D eigenvalue weighted by Gasteiger charge is -2.02. The second-order valence-corrected chi connectivity index (χ2v) is 3.79. The minimum absolute atomic E-state index is 0.329. The van der Waals surface area contributed by atoms with Crippen LogP contribution in [0.3, 0.4) is 0 Å². The van der Waals surface area contributed by atoms with Crippen LogP contribution in [0, 0.1) is 0 Å². The maximum atomic E-state index is 9.14. The van der Waals surface area contributed by atoms with Crippen molar-refractivity contribution in [3.05, 3.63) is 41.5 Å². The molecule has 0 heterocycles. The van der Waals surface area contributed by atoms with Crippen molar-refractivity contribution in [2.75, 3.05) is 13.6 Å². The van der Waals surface area contributed by atoms with Crippen LogP contribution in [0.15, 0.2) is 35.9 Å². The van der Waals surface area contributed by atoms with E-state index in [9.17, 15) is 0 Å². The van der Waals surface area contributed by atoms with Crippen LogP contribution in [-0.2, 0) is 6.42 Å². The Labute approximate surface area is 91.6 Å². The summed E-state index contributed by atoms with van der Waals surface area (Å²) in [6.07, 6.45) is 4.29. The summed E-state index contributed by atoms with van der Waals surface area (Å²) in [6, 6.07) is 7.39. The van der Waals surface area contributed by atoms with Gasteiger partial charge < -0.3 is 10.4 Å². The normalized spacial score (nSPS) is 11.7. The summed E-state index contributed by atoms with van der Waals surface area (Å²) in [5.74, 6) is 0.329. The average Bonchev–Trinajstić information content (AvgIpc) is 2.22. The molecule has 1 aromatic carbocycles. The highest BCUT2D eigenvalue weighted by molar-refractivity contribution is 5.28. The van der Waals surface area contributed by atoms with Gasteiger partial charge in [-0.15, -0.1) is 0 Å². The minimum Gasteiger partial charge on any atom is -0.508 e. The first-order valence-electron chi connectivity index (χ1n) is 5.30. The van der Waals surface area contributed by atoms with Crippen molar-refractivity contribution in [3.63, 3.8) is 0 Å². The third kappa shape index (κ3) is 4.66. The van der Waals surface area contributed by atoms with Gasteiger partial charge in [-0.25, -0.2) is 0 Å². The molecule has 0 aromatic heterocycles. The molecule has 0 unspecified atom stereocenters. The number of benzene rings is 1. The topological polar surface area (TPSA) is 32.3 Å². The molecule has 0 radical (unpaired) electrons. The molecular weight excluding hydrogens is 186 g/mol. The summed E-state index contributed by atoms with van der Waals surface area (Å²) in [5, 5.41) is 12.3. The molecule has 0 aliphatic heterocycles. The smallest absolute Gasteiger partial charge is 0.115 e. The number of hydrogen-bond donors (Lipinski definition) is 2. The summed E-state index contributed by atoms with van der Waals surface area (Å²) in [5.41, 5.74) is 2.61. The van der Waals surface area contributed by atoms with Gasteiger partial charge in [-0.2, -0.15) is 0 Å². The zero-order chi connectivity index (χ0) is 11.1. The van der Waals surface area contributed by atoms with E-state index in [0.29, 0.717) is 5.75 Å². The first-order valence-corrected chi connectivity index (χ1v) is 5.30. The van der Waals surface area contributed by atoms with Gasteiger partial charge in [0.25, 0.3) is 0 Å². The molecule has 0 saturated heterocycles. The monoisotopic (exact) mass is 205 g/mol. The van der Waals surface area contributed by atoms with E-state index in [1.54, 1.807) is 12.1 Å². The van der Waals surface area contributed by atoms with Crippen LogP contribution in [0.25, 0.3) is 0 Å². The van der Waals surface area contributed by atoms with Crippen LogP contribution in [-0.4, -0.2) is 18.7 Å². The van der Waals surface area contributed by atoms with Gasteiger partial charge in [0.05, 0.1) is 0 Å². The molecule has 0 aliphatic carbocycles. The average molecular weight is 205 g/mol. The van der Waals surface area contributed by atoms with Crippen molar-refractivity contribution in [1.82, 2.24) is 5.32 Å². The minimum atomic E-state index is 0.329. The Morgan fingerprint density at radius 3 is 2.60 bits per heavy atom. The molecule has 82 valence electrons. The molecule has 1 rings (SSSR count). The Morgan fingerprint density at radius 1 is 1.33 bits per heavy atom. The zero-order valence-electron chi connectivity index (χ0n) is 9.46. The summed E-state index contributed by atoms with van der Waals surface area (Å²) >= 11 is 0. The van der Waals surface area contributed by atoms with E-state index in [-0.39, 0.29) is 0 Å². The van der Waals surface area contributed by atoms with Gasteiger partial charge in [-0.1, -0.05) is 23.8 Å². The van der Waals surface area contributed by atoms with Gasteiger partial charge in [0.2, 0.25) is 0 Å². The van der Waals surface area contributed by atoms with Gasteiger partial charge in [-0.3, -0.25) is 0 Å². The Hall–Kier alpha value is -1.28. The van der Waals surface area contributed by atoms with Gasteiger partial charge in [0.15, 0.2) is 0 Å². The molecule has 15 heavy (non-hydrogen) atoms. The van der Waals surface area contributed by atoms with Crippen LogP contribution < -0.4 is 5.32 Å². The van der Waals surface area contributed by atoms with Crippen molar-refractivity contribution in [2.45, 2.75) is 19.8 Å². The molecule has 2 nitrogen and oxygen atoms in total. The summed E-state index contributed by atoms with van der Waals surface area (Å²) in [6.45, 7) is 3.16. The number of phenols is 1. The number of allylic oxidation sites excluding steroid dienone is 1. The fourth-order valence-corrected chi connectivity index (χ4v) is 1.47. The molecule has 2 N–H and O–H groups in total. The van der Waals surface area contributed by atoms with Crippen molar-refractivity contribution in [3.8, 4) is 5.75 Å². The van der Waals surface area contributed by atoms with E-state index < -0.39 is 0 Å². The van der Waals surface area contributed by atoms with Gasteiger partial charge in [-0.05, 0) is 51.1 Å². The fraction of sp³-hybridized carbons (Fsp3) is 0.385. The molecule has 0 spiro atoms. The summed E-state index contributed by atoms with van der Waals surface area (Å²) in [7, 11) is 1.96. The van der Waals surface area contributed by atoms with E-state index in [1.165, 1.54) is 11.1 Å². The van der Waals surface area contributed by atoms with E-state index in [0.717, 1.165) is 19.4 Å². The Bertz CT molecular complexity index is 314. The van der Waals surface area contributed by atoms with Crippen molar-refractivity contribution < 1.29 is 5.11 Å². The Kier molecular flexibility index (Phi) is 4.91. The maximum absolute atomic E-state index is 9.14. The van der Waals surface area contributed by atoms with Crippen LogP contribution in [0.4, 0.5) is 0 Å². The molecule has 0 saturated carbocycles. The zero-order valence-corrected chi connectivity index (χ0v) is 9.46. The Morgan fingerprint density at radius 2 is 2.00 bits per heavy atom. The van der Waals surface area contributed by atoms with Crippen molar-refractivity contribution >= 4 is 0 Å². The predicted octanol–water partition coefficient (Wildman–Crippen LogP) is 2.49. The quantitative estimate of drug-likeness (QED) is 0.572. The van der Waals surface area contributed by atoms with E-state index in [2.05, 4.69) is 18.3 Å². The standard InChI is InChI=1S/C13H19NO/c1-11(4-3-9-14-2)10-12-5-7-13(15)8-6-12/h4-8,14-15H,3,9-10H2,1-2H3. The largest absolute Gasteiger partial charge is 0.508 e. The van der Waals surface area contributed by atoms with Crippen LogP contribution in [0.1, 0.15) is 18.9 Å². The lowest BCUT2D eigenvalue weighted by Crippen LogP contribution is -2.06. The van der Waals surface area contributed by atoms with E-state index >= 15 is 0 Å². The predicted molar refractivity (Wildman–Crippen MR) is 64.1 cm³/mol. The molecule has 0 fully saturated rings. The van der Waals surface area contributed by atoms with E-state index in [4.69, 9.17) is 5.11 Å². The summed E-state index contributed by atoms with van der Waals surface area (Å²) in [4.78, 5) is 0. The molecule has 0 bridgehead atoms. The third-order valence-corrected chi connectivity index (χ3v) is 2.31. The lowest BCUT2D eigenvalue weighted by atomic mass is 10.1. The number of rotatable bonds is 5. The summed E-state index contributed by atoms with van der Waals surface area (Å²) < 4.78 is 0. The Balaban J connectivity index is 2.47. The molecule has 0 aliphatic rings. The first-order chi connectivity index (χ1) is 7.22. The second kappa shape index (κ2) is 6.25. The fourth-order valence-electron chi connectivity index (χ4n) is 1.47. The highest BCUT2D eigenvalue weighted by atomic mass is 16.3.